The van der Waals surface area contributed by atoms with E-state index in [4.69, 9.17) is 16.0 Å². The Morgan fingerprint density at radius 2 is 2.00 bits per heavy atom. The molecule has 3 aromatic rings. The van der Waals surface area contributed by atoms with Gasteiger partial charge in [-0.2, -0.15) is 0 Å². The van der Waals surface area contributed by atoms with Crippen LogP contribution < -0.4 is 10.6 Å². The highest BCUT2D eigenvalue weighted by Gasteiger charge is 2.25. The van der Waals surface area contributed by atoms with Gasteiger partial charge in [0, 0.05) is 24.5 Å². The number of hydrogen-bond acceptors (Lipinski definition) is 7. The number of aliphatic imine (C=N–C) groups is 1. The summed E-state index contributed by atoms with van der Waals surface area (Å²) in [5, 5.41) is 8.12. The minimum Gasteiger partial charge on any atom is -0.432 e. The zero-order chi connectivity index (χ0) is 17.6. The molecule has 8 heteroatoms. The Kier molecular flexibility index (Phi) is 3.80. The lowest BCUT2D eigenvalue weighted by Gasteiger charge is -2.15. The van der Waals surface area contributed by atoms with Crippen LogP contribution in [0.3, 0.4) is 0 Å². The fourth-order valence-electron chi connectivity index (χ4n) is 2.87. The van der Waals surface area contributed by atoms with Crippen LogP contribution in [0.25, 0.3) is 11.1 Å². The Balaban J connectivity index is 1.69. The SMILES string of the molecule is Cc1ncc(CNC2=NCNc3c2oc2nc(C)c(Cl)c(C)c32)cn1. The number of amidine groups is 1. The Hall–Kier alpha value is -2.67. The molecule has 0 saturated heterocycles. The summed E-state index contributed by atoms with van der Waals surface area (Å²) < 4.78 is 5.97. The highest BCUT2D eigenvalue weighted by Crippen LogP contribution is 2.37. The van der Waals surface area contributed by atoms with Crippen LogP contribution in [0, 0.1) is 20.8 Å². The first-order chi connectivity index (χ1) is 12.0. The molecule has 0 unspecified atom stereocenters. The fraction of sp³-hybridized carbons (Fsp3) is 0.294. The molecule has 1 aliphatic rings. The van der Waals surface area contributed by atoms with E-state index >= 15 is 0 Å². The van der Waals surface area contributed by atoms with E-state index in [1.54, 1.807) is 12.4 Å². The summed E-state index contributed by atoms with van der Waals surface area (Å²) in [6.45, 7) is 6.71. The summed E-state index contributed by atoms with van der Waals surface area (Å²) in [7, 11) is 0. The van der Waals surface area contributed by atoms with Crippen molar-refractivity contribution in [3.05, 3.63) is 45.8 Å². The largest absolute Gasteiger partial charge is 0.432 e. The number of nitrogens with one attached hydrogen (secondary N) is 2. The topological polar surface area (TPSA) is 88.2 Å². The second kappa shape index (κ2) is 6.00. The van der Waals surface area contributed by atoms with Crippen molar-refractivity contribution in [1.29, 1.82) is 0 Å². The van der Waals surface area contributed by atoms with Crippen molar-refractivity contribution < 1.29 is 4.42 Å². The van der Waals surface area contributed by atoms with Gasteiger partial charge in [0.15, 0.2) is 11.6 Å². The van der Waals surface area contributed by atoms with Crippen LogP contribution in [-0.4, -0.2) is 27.5 Å². The standard InChI is InChI=1S/C17H17ClN6O/c1-8-12-14-15(25-17(12)24-9(2)13(8)18)16(23-7-22-14)21-6-11-4-19-10(3)20-5-11/h4-5,22H,6-7H2,1-3H3,(H,21,23). The number of halogens is 1. The number of rotatable bonds is 2. The van der Waals surface area contributed by atoms with Crippen LogP contribution in [0.15, 0.2) is 21.8 Å². The maximum Gasteiger partial charge on any atom is 0.229 e. The monoisotopic (exact) mass is 356 g/mol. The highest BCUT2D eigenvalue weighted by molar-refractivity contribution is 6.33. The summed E-state index contributed by atoms with van der Waals surface area (Å²) in [5.74, 6) is 2.07. The van der Waals surface area contributed by atoms with Gasteiger partial charge in [0.25, 0.3) is 0 Å². The van der Waals surface area contributed by atoms with E-state index in [9.17, 15) is 0 Å². The Morgan fingerprint density at radius 3 is 2.76 bits per heavy atom. The normalized spacial score (nSPS) is 13.4. The van der Waals surface area contributed by atoms with Gasteiger partial charge in [0.1, 0.15) is 12.5 Å². The van der Waals surface area contributed by atoms with Crippen molar-refractivity contribution in [2.24, 2.45) is 4.99 Å². The zero-order valence-electron chi connectivity index (χ0n) is 14.1. The molecular formula is C17H17ClN6O. The first kappa shape index (κ1) is 15.8. The third kappa shape index (κ3) is 2.70. The van der Waals surface area contributed by atoms with E-state index in [-0.39, 0.29) is 0 Å². The van der Waals surface area contributed by atoms with Gasteiger partial charge in [-0.1, -0.05) is 11.6 Å². The summed E-state index contributed by atoms with van der Waals surface area (Å²) in [6, 6.07) is 0. The number of anilines is 1. The minimum atomic E-state index is 0.458. The van der Waals surface area contributed by atoms with Crippen molar-refractivity contribution in [3.63, 3.8) is 0 Å². The Bertz CT molecular complexity index is 993. The molecule has 0 spiro atoms. The van der Waals surface area contributed by atoms with Gasteiger partial charge in [-0.15, -0.1) is 0 Å². The maximum atomic E-state index is 6.35. The van der Waals surface area contributed by atoms with Crippen molar-refractivity contribution in [2.75, 3.05) is 12.0 Å². The van der Waals surface area contributed by atoms with Crippen LogP contribution in [-0.2, 0) is 6.54 Å². The van der Waals surface area contributed by atoms with Gasteiger partial charge in [-0.25, -0.2) is 19.9 Å². The van der Waals surface area contributed by atoms with Gasteiger partial charge in [0.2, 0.25) is 5.71 Å². The number of aromatic nitrogens is 3. The molecule has 0 aliphatic carbocycles. The van der Waals surface area contributed by atoms with E-state index in [0.29, 0.717) is 35.5 Å². The van der Waals surface area contributed by atoms with Crippen LogP contribution in [0.2, 0.25) is 5.02 Å². The molecular weight excluding hydrogens is 340 g/mol. The second-order valence-electron chi connectivity index (χ2n) is 5.96. The molecule has 25 heavy (non-hydrogen) atoms. The van der Waals surface area contributed by atoms with Crippen molar-refractivity contribution in [1.82, 2.24) is 20.3 Å². The van der Waals surface area contributed by atoms with E-state index < -0.39 is 0 Å². The lowest BCUT2D eigenvalue weighted by molar-refractivity contribution is 0.584. The van der Waals surface area contributed by atoms with Gasteiger partial charge in [-0.3, -0.25) is 0 Å². The van der Waals surface area contributed by atoms with E-state index in [1.807, 2.05) is 20.8 Å². The smallest absolute Gasteiger partial charge is 0.229 e. The summed E-state index contributed by atoms with van der Waals surface area (Å²) in [5.41, 5.74) is 4.11. The van der Waals surface area contributed by atoms with Crippen molar-refractivity contribution in [2.45, 2.75) is 27.3 Å². The maximum absolute atomic E-state index is 6.35. The molecule has 0 radical (unpaired) electrons. The first-order valence-electron chi connectivity index (χ1n) is 7.94. The molecule has 0 fully saturated rings. The average molecular weight is 357 g/mol. The van der Waals surface area contributed by atoms with Crippen LogP contribution in [0.5, 0.6) is 0 Å². The van der Waals surface area contributed by atoms with E-state index in [2.05, 4.69) is 30.6 Å². The Morgan fingerprint density at radius 1 is 1.24 bits per heavy atom. The summed E-state index contributed by atoms with van der Waals surface area (Å²) in [4.78, 5) is 17.3. The quantitative estimate of drug-likeness (QED) is 0.733. The lowest BCUT2D eigenvalue weighted by atomic mass is 10.1. The second-order valence-corrected chi connectivity index (χ2v) is 6.33. The van der Waals surface area contributed by atoms with Crippen LogP contribution >= 0.6 is 11.6 Å². The molecule has 3 aromatic heterocycles. The van der Waals surface area contributed by atoms with E-state index in [0.717, 1.165) is 33.7 Å². The first-order valence-corrected chi connectivity index (χ1v) is 8.31. The molecule has 0 saturated carbocycles. The fourth-order valence-corrected chi connectivity index (χ4v) is 3.00. The van der Waals surface area contributed by atoms with E-state index in [1.165, 1.54) is 0 Å². The molecule has 0 aromatic carbocycles. The molecule has 0 bridgehead atoms. The molecule has 2 N–H and O–H groups in total. The number of nitrogens with zero attached hydrogens (tertiary/aromatic N) is 4. The molecule has 4 rings (SSSR count). The molecule has 1 aliphatic heterocycles. The summed E-state index contributed by atoms with van der Waals surface area (Å²) >= 11 is 6.35. The van der Waals surface area contributed by atoms with Gasteiger partial charge >= 0.3 is 0 Å². The molecule has 0 amide bonds. The predicted octanol–water partition coefficient (Wildman–Crippen LogP) is 3.12. The number of fused-ring (bicyclic) bond motifs is 3. The lowest BCUT2D eigenvalue weighted by Crippen LogP contribution is -2.28. The van der Waals surface area contributed by atoms with Crippen LogP contribution in [0.1, 0.15) is 28.4 Å². The molecule has 4 heterocycles. The molecule has 0 atom stereocenters. The summed E-state index contributed by atoms with van der Waals surface area (Å²) in [6.07, 6.45) is 3.59. The van der Waals surface area contributed by atoms with Crippen LogP contribution in [0.4, 0.5) is 5.69 Å². The number of pyridine rings is 1. The third-order valence-corrected chi connectivity index (χ3v) is 4.74. The third-order valence-electron chi connectivity index (χ3n) is 4.18. The van der Waals surface area contributed by atoms with Gasteiger partial charge < -0.3 is 15.1 Å². The van der Waals surface area contributed by atoms with Crippen molar-refractivity contribution >= 4 is 34.2 Å². The van der Waals surface area contributed by atoms with Crippen molar-refractivity contribution in [3.8, 4) is 0 Å². The molecule has 128 valence electrons. The number of aryl methyl sites for hydroxylation is 3. The highest BCUT2D eigenvalue weighted by atomic mass is 35.5. The Labute approximate surface area is 149 Å². The minimum absolute atomic E-state index is 0.458. The van der Waals surface area contributed by atoms with Gasteiger partial charge in [0.05, 0.1) is 21.8 Å². The van der Waals surface area contributed by atoms with Gasteiger partial charge in [-0.05, 0) is 26.3 Å². The number of furan rings is 1. The number of hydrogen-bond donors (Lipinski definition) is 2. The average Bonchev–Trinajstić information content (AvgIpc) is 2.98. The molecule has 7 nitrogen and oxygen atoms in total. The predicted molar refractivity (Wildman–Crippen MR) is 97.1 cm³/mol. The zero-order valence-corrected chi connectivity index (χ0v) is 14.9.